The van der Waals surface area contributed by atoms with E-state index in [1.54, 1.807) is 12.1 Å². The van der Waals surface area contributed by atoms with E-state index < -0.39 is 15.4 Å². The van der Waals surface area contributed by atoms with E-state index in [0.29, 0.717) is 23.4 Å². The maximum atomic E-state index is 13.1. The van der Waals surface area contributed by atoms with Crippen molar-refractivity contribution in [3.05, 3.63) is 71.3 Å². The minimum Gasteiger partial charge on any atom is -0.294 e. The molecule has 2 aromatic rings. The van der Waals surface area contributed by atoms with Gasteiger partial charge in [-0.25, -0.2) is 8.42 Å². The molecule has 5 heteroatoms. The molecule has 0 radical (unpaired) electrons. The van der Waals surface area contributed by atoms with E-state index in [-0.39, 0.29) is 12.3 Å². The standard InChI is InChI=1S/C21H21NO3S/c1-15-8-10-17(11-9-15)26(24,25)22-13-18-20(16-6-4-3-5-7-16)19(23)12-21(18,2)14-22/h3-11H,12-14H2,1-2H3. The number of rotatable bonds is 3. The summed E-state index contributed by atoms with van der Waals surface area (Å²) in [5, 5.41) is 0. The fraction of sp³-hybridized carbons (Fsp3) is 0.286. The van der Waals surface area contributed by atoms with Crippen LogP contribution in [0.5, 0.6) is 0 Å². The average molecular weight is 367 g/mol. The van der Waals surface area contributed by atoms with Crippen LogP contribution in [-0.4, -0.2) is 31.6 Å². The van der Waals surface area contributed by atoms with Gasteiger partial charge in [-0.2, -0.15) is 4.31 Å². The molecule has 1 atom stereocenters. The molecule has 4 rings (SSSR count). The lowest BCUT2D eigenvalue weighted by atomic mass is 9.86. The summed E-state index contributed by atoms with van der Waals surface area (Å²) in [7, 11) is -3.57. The Morgan fingerprint density at radius 2 is 1.65 bits per heavy atom. The minimum atomic E-state index is -3.57. The highest BCUT2D eigenvalue weighted by Crippen LogP contribution is 2.50. The molecule has 134 valence electrons. The first-order chi connectivity index (χ1) is 12.3. The smallest absolute Gasteiger partial charge is 0.243 e. The van der Waals surface area contributed by atoms with Gasteiger partial charge in [0, 0.05) is 30.5 Å². The lowest BCUT2D eigenvalue weighted by Crippen LogP contribution is -2.31. The molecule has 2 aromatic carbocycles. The number of hydrogen-bond donors (Lipinski definition) is 0. The fourth-order valence-corrected chi connectivity index (χ4v) is 5.56. The molecule has 1 heterocycles. The van der Waals surface area contributed by atoms with Crippen molar-refractivity contribution in [2.75, 3.05) is 13.1 Å². The summed E-state index contributed by atoms with van der Waals surface area (Å²) in [4.78, 5) is 12.9. The van der Waals surface area contributed by atoms with E-state index in [2.05, 4.69) is 0 Å². The second kappa shape index (κ2) is 5.89. The molecular formula is C21H21NO3S. The third kappa shape index (κ3) is 2.63. The number of Topliss-reactive ketones (excluding diaryl/α,β-unsaturated/α-hetero) is 1. The molecule has 1 aliphatic carbocycles. The fourth-order valence-electron chi connectivity index (χ4n) is 4.03. The summed E-state index contributed by atoms with van der Waals surface area (Å²) < 4.78 is 27.6. The minimum absolute atomic E-state index is 0.112. The van der Waals surface area contributed by atoms with Gasteiger partial charge in [0.1, 0.15) is 0 Å². The highest BCUT2D eigenvalue weighted by atomic mass is 32.2. The van der Waals surface area contributed by atoms with Crippen molar-refractivity contribution in [1.82, 2.24) is 4.31 Å². The molecular weight excluding hydrogens is 346 g/mol. The van der Waals surface area contributed by atoms with Crippen molar-refractivity contribution in [1.29, 1.82) is 0 Å². The highest BCUT2D eigenvalue weighted by Gasteiger charge is 2.50. The van der Waals surface area contributed by atoms with Crippen LogP contribution >= 0.6 is 0 Å². The van der Waals surface area contributed by atoms with Crippen LogP contribution in [0.25, 0.3) is 5.57 Å². The summed E-state index contributed by atoms with van der Waals surface area (Å²) in [6, 6.07) is 16.5. The number of fused-ring (bicyclic) bond motifs is 1. The Balaban J connectivity index is 1.75. The van der Waals surface area contributed by atoms with E-state index in [1.807, 2.05) is 56.3 Å². The second-order valence-electron chi connectivity index (χ2n) is 7.47. The van der Waals surface area contributed by atoms with E-state index in [4.69, 9.17) is 0 Å². The number of hydrogen-bond acceptors (Lipinski definition) is 3. The van der Waals surface area contributed by atoms with Gasteiger partial charge in [0.15, 0.2) is 5.78 Å². The van der Waals surface area contributed by atoms with Gasteiger partial charge in [-0.1, -0.05) is 55.0 Å². The molecule has 1 saturated heterocycles. The van der Waals surface area contributed by atoms with E-state index in [9.17, 15) is 13.2 Å². The zero-order valence-corrected chi connectivity index (χ0v) is 15.7. The summed E-state index contributed by atoms with van der Waals surface area (Å²) in [5.41, 5.74) is 3.14. The van der Waals surface area contributed by atoms with Gasteiger partial charge in [-0.3, -0.25) is 4.79 Å². The molecule has 1 unspecified atom stereocenters. The van der Waals surface area contributed by atoms with Gasteiger partial charge < -0.3 is 0 Å². The number of sulfonamides is 1. The highest BCUT2D eigenvalue weighted by molar-refractivity contribution is 7.89. The molecule has 0 N–H and O–H groups in total. The predicted octanol–water partition coefficient (Wildman–Crippen LogP) is 3.43. The van der Waals surface area contributed by atoms with Gasteiger partial charge in [0.05, 0.1) is 4.90 Å². The Bertz CT molecular complexity index is 1010. The monoisotopic (exact) mass is 367 g/mol. The number of nitrogens with zero attached hydrogens (tertiary/aromatic N) is 1. The van der Waals surface area contributed by atoms with Crippen LogP contribution in [0.4, 0.5) is 0 Å². The van der Waals surface area contributed by atoms with Crippen LogP contribution in [0.2, 0.25) is 0 Å². The SMILES string of the molecule is Cc1ccc(S(=O)(=O)N2CC3=C(c4ccccc4)C(=O)CC3(C)C2)cc1. The average Bonchev–Trinajstić information content (AvgIpc) is 3.05. The van der Waals surface area contributed by atoms with E-state index >= 15 is 0 Å². The zero-order chi connectivity index (χ0) is 18.5. The first-order valence-electron chi connectivity index (χ1n) is 8.70. The lowest BCUT2D eigenvalue weighted by molar-refractivity contribution is -0.114. The third-order valence-corrected chi connectivity index (χ3v) is 7.25. The summed E-state index contributed by atoms with van der Waals surface area (Å²) in [6.45, 7) is 4.56. The molecule has 4 nitrogen and oxygen atoms in total. The largest absolute Gasteiger partial charge is 0.294 e. The van der Waals surface area contributed by atoms with Gasteiger partial charge in [0.2, 0.25) is 10.0 Å². The first kappa shape index (κ1) is 17.2. The maximum absolute atomic E-state index is 13.1. The Labute approximate surface area is 154 Å². The molecule has 0 saturated carbocycles. The van der Waals surface area contributed by atoms with Gasteiger partial charge in [-0.05, 0) is 30.2 Å². The number of carbonyl (C=O) groups is 1. The summed E-state index contributed by atoms with van der Waals surface area (Å²) in [6.07, 6.45) is 0.368. The molecule has 1 aliphatic heterocycles. The third-order valence-electron chi connectivity index (χ3n) is 5.44. The molecule has 1 fully saturated rings. The normalized spacial score (nSPS) is 23.5. The van der Waals surface area contributed by atoms with Crippen molar-refractivity contribution in [2.45, 2.75) is 25.2 Å². The van der Waals surface area contributed by atoms with Crippen molar-refractivity contribution < 1.29 is 13.2 Å². The Morgan fingerprint density at radius 1 is 1.00 bits per heavy atom. The quantitative estimate of drug-likeness (QED) is 0.835. The Morgan fingerprint density at radius 3 is 2.31 bits per heavy atom. The topological polar surface area (TPSA) is 54.5 Å². The van der Waals surface area contributed by atoms with Crippen molar-refractivity contribution in [3.8, 4) is 0 Å². The van der Waals surface area contributed by atoms with Gasteiger partial charge in [0.25, 0.3) is 0 Å². The zero-order valence-electron chi connectivity index (χ0n) is 14.9. The first-order valence-corrected chi connectivity index (χ1v) is 10.1. The van der Waals surface area contributed by atoms with Gasteiger partial charge >= 0.3 is 0 Å². The number of carbonyl (C=O) groups excluding carboxylic acids is 1. The summed E-state index contributed by atoms with van der Waals surface area (Å²) in [5.74, 6) is 0.112. The molecule has 26 heavy (non-hydrogen) atoms. The van der Waals surface area contributed by atoms with Crippen LogP contribution < -0.4 is 0 Å². The predicted molar refractivity (Wildman–Crippen MR) is 101 cm³/mol. The van der Waals surface area contributed by atoms with Crippen molar-refractivity contribution >= 4 is 21.4 Å². The number of benzene rings is 2. The van der Waals surface area contributed by atoms with Gasteiger partial charge in [-0.15, -0.1) is 0 Å². The molecule has 0 bridgehead atoms. The van der Waals surface area contributed by atoms with E-state index in [0.717, 1.165) is 16.7 Å². The van der Waals surface area contributed by atoms with E-state index in [1.165, 1.54) is 4.31 Å². The molecule has 0 amide bonds. The lowest BCUT2D eigenvalue weighted by Gasteiger charge is -2.21. The molecule has 0 aromatic heterocycles. The Kier molecular flexibility index (Phi) is 3.90. The second-order valence-corrected chi connectivity index (χ2v) is 9.40. The number of allylic oxidation sites excluding steroid dienone is 1. The maximum Gasteiger partial charge on any atom is 0.243 e. The molecule has 2 aliphatic rings. The van der Waals surface area contributed by atoms with Crippen LogP contribution in [0, 0.1) is 12.3 Å². The van der Waals surface area contributed by atoms with Crippen LogP contribution in [0.3, 0.4) is 0 Å². The van der Waals surface area contributed by atoms with Crippen molar-refractivity contribution in [3.63, 3.8) is 0 Å². The van der Waals surface area contributed by atoms with Crippen LogP contribution in [-0.2, 0) is 14.8 Å². The number of aryl methyl sites for hydroxylation is 1. The molecule has 0 spiro atoms. The van der Waals surface area contributed by atoms with Crippen LogP contribution in [0.15, 0.2) is 65.1 Å². The Hall–Kier alpha value is -2.24. The van der Waals surface area contributed by atoms with Crippen molar-refractivity contribution in [2.24, 2.45) is 5.41 Å². The summed E-state index contributed by atoms with van der Waals surface area (Å²) >= 11 is 0. The van der Waals surface area contributed by atoms with Crippen LogP contribution in [0.1, 0.15) is 24.5 Å². The number of ketones is 1.